The molecule has 2 aliphatic heterocycles. The average molecular weight is 453 g/mol. The van der Waals surface area contributed by atoms with Crippen LogP contribution in [0.15, 0.2) is 77.8 Å². The molecular weight excluding hydrogens is 424 g/mol. The summed E-state index contributed by atoms with van der Waals surface area (Å²) < 4.78 is 0. The summed E-state index contributed by atoms with van der Waals surface area (Å²) in [6.45, 7) is 5.10. The van der Waals surface area contributed by atoms with Crippen LogP contribution in [0.25, 0.3) is 10.8 Å². The molecule has 33 heavy (non-hydrogen) atoms. The van der Waals surface area contributed by atoms with Crippen molar-refractivity contribution in [1.82, 2.24) is 10.2 Å². The van der Waals surface area contributed by atoms with E-state index in [-0.39, 0.29) is 0 Å². The van der Waals surface area contributed by atoms with Crippen molar-refractivity contribution in [1.29, 1.82) is 0 Å². The topological polar surface area (TPSA) is 39.7 Å². The molecule has 3 aromatic carbocycles. The molecule has 0 aliphatic carbocycles. The number of hydrogen-bond acceptors (Lipinski definition) is 5. The Kier molecular flexibility index (Phi) is 5.36. The zero-order valence-electron chi connectivity index (χ0n) is 18.8. The highest BCUT2D eigenvalue weighted by Gasteiger charge is 2.27. The minimum Gasteiger partial charge on any atom is -0.353 e. The van der Waals surface area contributed by atoms with Crippen LogP contribution in [0.1, 0.15) is 22.4 Å². The van der Waals surface area contributed by atoms with Crippen molar-refractivity contribution in [3.8, 4) is 0 Å². The van der Waals surface area contributed by atoms with Crippen LogP contribution in [0.2, 0.25) is 0 Å². The molecule has 4 aromatic rings. The van der Waals surface area contributed by atoms with E-state index in [1.165, 1.54) is 31.8 Å². The maximum Gasteiger partial charge on any atom is 0.139 e. The molecule has 4 nitrogen and oxygen atoms in total. The van der Waals surface area contributed by atoms with Gasteiger partial charge < -0.3 is 15.5 Å². The van der Waals surface area contributed by atoms with Crippen molar-refractivity contribution >= 4 is 44.3 Å². The van der Waals surface area contributed by atoms with Gasteiger partial charge in [-0.15, -0.1) is 11.3 Å². The molecule has 3 heterocycles. The van der Waals surface area contributed by atoms with Gasteiger partial charge in [-0.05, 0) is 54.3 Å². The van der Waals surface area contributed by atoms with Gasteiger partial charge in [-0.3, -0.25) is 0 Å². The molecule has 166 valence electrons. The van der Waals surface area contributed by atoms with E-state index in [4.69, 9.17) is 4.99 Å². The van der Waals surface area contributed by atoms with Crippen LogP contribution < -0.4 is 10.6 Å². The second-order valence-corrected chi connectivity index (χ2v) is 10.2. The van der Waals surface area contributed by atoms with Gasteiger partial charge in [0.05, 0.1) is 16.9 Å². The third-order valence-electron chi connectivity index (χ3n) is 6.67. The Hall–Kier alpha value is -3.15. The number of nitrogens with one attached hydrogen (secondary N) is 2. The van der Waals surface area contributed by atoms with E-state index >= 15 is 0 Å². The van der Waals surface area contributed by atoms with Gasteiger partial charge in [0.1, 0.15) is 10.8 Å². The van der Waals surface area contributed by atoms with Crippen LogP contribution in [0, 0.1) is 6.92 Å². The third kappa shape index (κ3) is 4.03. The lowest BCUT2D eigenvalue weighted by molar-refractivity contribution is 0.282. The number of para-hydroxylation sites is 2. The van der Waals surface area contributed by atoms with Gasteiger partial charge >= 0.3 is 0 Å². The van der Waals surface area contributed by atoms with E-state index in [1.807, 2.05) is 11.3 Å². The number of piperazine rings is 1. The Morgan fingerprint density at radius 1 is 1.03 bits per heavy atom. The normalized spacial score (nSPS) is 17.7. The molecule has 0 saturated carbocycles. The van der Waals surface area contributed by atoms with Gasteiger partial charge in [0.15, 0.2) is 0 Å². The summed E-state index contributed by atoms with van der Waals surface area (Å²) in [5.74, 6) is 1.10. The molecule has 1 fully saturated rings. The highest BCUT2D eigenvalue weighted by atomic mass is 32.1. The highest BCUT2D eigenvalue weighted by Crippen LogP contribution is 2.39. The first kappa shape index (κ1) is 20.5. The van der Waals surface area contributed by atoms with E-state index in [1.54, 1.807) is 0 Å². The molecule has 2 aliphatic rings. The van der Waals surface area contributed by atoms with Crippen LogP contribution in [-0.2, 0) is 6.42 Å². The first-order valence-corrected chi connectivity index (χ1v) is 12.6. The summed E-state index contributed by atoms with van der Waals surface area (Å²) in [6, 6.07) is 26.5. The minimum absolute atomic E-state index is 0.440. The molecule has 0 unspecified atom stereocenters. The standard InChI is InChI=1S/C28H28N4S/c1-19-17-24-27(30-25-11-4-5-12-26(25)31-28(24)33-19)32-16-15-29-22(18-32)14-13-21-9-6-8-20-7-2-3-10-23(20)21/h2-12,17,22,29,31H,13-16,18H2,1H3/t22-/m0/s1. The maximum atomic E-state index is 5.17. The summed E-state index contributed by atoms with van der Waals surface area (Å²) in [7, 11) is 0. The van der Waals surface area contributed by atoms with Crippen LogP contribution in [0.5, 0.6) is 0 Å². The van der Waals surface area contributed by atoms with Crippen LogP contribution >= 0.6 is 11.3 Å². The number of anilines is 2. The molecule has 0 bridgehead atoms. The summed E-state index contributed by atoms with van der Waals surface area (Å²) >= 11 is 1.81. The summed E-state index contributed by atoms with van der Waals surface area (Å²) in [5, 5.41) is 11.3. The van der Waals surface area contributed by atoms with Crippen molar-refractivity contribution < 1.29 is 0 Å². The SMILES string of the molecule is Cc1cc2c(s1)Nc1ccccc1N=C2N1CCN[C@@H](CCc2cccc3ccccc23)C1. The Balaban J connectivity index is 1.25. The fourth-order valence-corrected chi connectivity index (χ4v) is 5.96. The largest absolute Gasteiger partial charge is 0.353 e. The van der Waals surface area contributed by atoms with Crippen molar-refractivity contribution in [2.75, 3.05) is 25.0 Å². The lowest BCUT2D eigenvalue weighted by atomic mass is 9.98. The van der Waals surface area contributed by atoms with E-state index in [0.717, 1.165) is 49.7 Å². The minimum atomic E-state index is 0.440. The molecule has 0 spiro atoms. The molecule has 0 amide bonds. The Bertz CT molecular complexity index is 1330. The fourth-order valence-electron chi connectivity index (χ4n) is 5.04. The Morgan fingerprint density at radius 2 is 1.88 bits per heavy atom. The Morgan fingerprint density at radius 3 is 2.85 bits per heavy atom. The predicted molar refractivity (Wildman–Crippen MR) is 141 cm³/mol. The highest BCUT2D eigenvalue weighted by molar-refractivity contribution is 7.16. The van der Waals surface area contributed by atoms with Crippen molar-refractivity contribution in [2.45, 2.75) is 25.8 Å². The van der Waals surface area contributed by atoms with Gasteiger partial charge in [-0.1, -0.05) is 54.6 Å². The second-order valence-electron chi connectivity index (χ2n) is 8.95. The number of thiophene rings is 1. The second kappa shape index (κ2) is 8.65. The van der Waals surface area contributed by atoms with Gasteiger partial charge in [-0.25, -0.2) is 4.99 Å². The fraction of sp³-hybridized carbons (Fsp3) is 0.250. The number of aliphatic imine (C=N–C) groups is 1. The quantitative estimate of drug-likeness (QED) is 0.386. The number of nitrogens with zero attached hydrogens (tertiary/aromatic N) is 2. The molecule has 5 heteroatoms. The van der Waals surface area contributed by atoms with Gasteiger partial charge in [0.2, 0.25) is 0 Å². The van der Waals surface area contributed by atoms with Gasteiger partial charge in [0, 0.05) is 30.6 Å². The number of amidine groups is 1. The first-order valence-electron chi connectivity index (χ1n) is 11.7. The lowest BCUT2D eigenvalue weighted by Gasteiger charge is -2.36. The number of rotatable bonds is 3. The molecule has 1 saturated heterocycles. The monoisotopic (exact) mass is 452 g/mol. The molecule has 1 aromatic heterocycles. The summed E-state index contributed by atoms with van der Waals surface area (Å²) in [5.41, 5.74) is 4.76. The first-order chi connectivity index (χ1) is 16.2. The van der Waals surface area contributed by atoms with Crippen molar-refractivity contribution in [2.24, 2.45) is 4.99 Å². The zero-order valence-corrected chi connectivity index (χ0v) is 19.7. The maximum absolute atomic E-state index is 5.17. The molecule has 0 radical (unpaired) electrons. The number of hydrogen-bond donors (Lipinski definition) is 2. The summed E-state index contributed by atoms with van der Waals surface area (Å²) in [4.78, 5) is 8.96. The lowest BCUT2D eigenvalue weighted by Crippen LogP contribution is -2.52. The van der Waals surface area contributed by atoms with Crippen LogP contribution in [0.4, 0.5) is 16.4 Å². The molecule has 2 N–H and O–H groups in total. The molecule has 1 atom stereocenters. The van der Waals surface area contributed by atoms with E-state index in [0.29, 0.717) is 6.04 Å². The van der Waals surface area contributed by atoms with E-state index in [2.05, 4.69) is 95.3 Å². The van der Waals surface area contributed by atoms with Crippen molar-refractivity contribution in [3.05, 3.63) is 88.8 Å². The number of benzene rings is 3. The zero-order chi connectivity index (χ0) is 22.2. The third-order valence-corrected chi connectivity index (χ3v) is 7.64. The number of fused-ring (bicyclic) bond motifs is 3. The number of aryl methyl sites for hydroxylation is 2. The van der Waals surface area contributed by atoms with Gasteiger partial charge in [-0.2, -0.15) is 0 Å². The molecular formula is C28H28N4S. The average Bonchev–Trinajstić information content (AvgIpc) is 3.14. The van der Waals surface area contributed by atoms with Crippen LogP contribution in [0.3, 0.4) is 0 Å². The van der Waals surface area contributed by atoms with E-state index in [9.17, 15) is 0 Å². The predicted octanol–water partition coefficient (Wildman–Crippen LogP) is 6.25. The van der Waals surface area contributed by atoms with Gasteiger partial charge in [0.25, 0.3) is 0 Å². The van der Waals surface area contributed by atoms with E-state index < -0.39 is 0 Å². The smallest absolute Gasteiger partial charge is 0.139 e. The Labute approximate surface area is 199 Å². The summed E-state index contributed by atoms with van der Waals surface area (Å²) in [6.07, 6.45) is 2.19. The van der Waals surface area contributed by atoms with Crippen LogP contribution in [-0.4, -0.2) is 36.4 Å². The molecule has 6 rings (SSSR count). The van der Waals surface area contributed by atoms with Crippen molar-refractivity contribution in [3.63, 3.8) is 0 Å².